The Morgan fingerprint density at radius 1 is 1.50 bits per heavy atom. The van der Waals surface area contributed by atoms with Gasteiger partial charge in [-0.15, -0.1) is 19.1 Å². The largest absolute Gasteiger partial charge is 0.392 e. The van der Waals surface area contributed by atoms with Gasteiger partial charge >= 0.3 is 0 Å². The Balaban J connectivity index is 1.99. The van der Waals surface area contributed by atoms with Gasteiger partial charge in [0.1, 0.15) is 5.54 Å². The number of carbonyl (C=O) groups excluding carboxylic acids is 1. The molecule has 0 amide bonds. The molecule has 1 aliphatic heterocycles. The van der Waals surface area contributed by atoms with Crippen LogP contribution in [-0.2, 0) is 4.79 Å². The highest BCUT2D eigenvalue weighted by Crippen LogP contribution is 2.49. The van der Waals surface area contributed by atoms with Crippen molar-refractivity contribution in [3.63, 3.8) is 0 Å². The maximum atomic E-state index is 11.0. The predicted molar refractivity (Wildman–Crippen MR) is 108 cm³/mol. The Labute approximate surface area is 162 Å². The van der Waals surface area contributed by atoms with Crippen LogP contribution in [0, 0.1) is 24.2 Å². The summed E-state index contributed by atoms with van der Waals surface area (Å²) in [6.45, 7) is 2.14. The molecule has 26 heavy (non-hydrogen) atoms. The first kappa shape index (κ1) is 21.2. The highest BCUT2D eigenvalue weighted by Gasteiger charge is 2.54. The Kier molecular flexibility index (Phi) is 7.94. The van der Waals surface area contributed by atoms with Gasteiger partial charge in [-0.1, -0.05) is 44.3 Å². The van der Waals surface area contributed by atoms with E-state index in [1.54, 1.807) is 0 Å². The minimum Gasteiger partial charge on any atom is -0.392 e. The van der Waals surface area contributed by atoms with Gasteiger partial charge in [0.25, 0.3) is 0 Å². The molecular weight excluding hydrogens is 346 g/mol. The number of unbranched alkanes of at least 4 members (excludes halogenated alkanes) is 2. The zero-order valence-corrected chi connectivity index (χ0v) is 16.5. The van der Waals surface area contributed by atoms with Crippen molar-refractivity contribution < 1.29 is 15.0 Å². The Bertz CT molecular complexity index is 595. The van der Waals surface area contributed by atoms with Crippen molar-refractivity contribution in [3.05, 3.63) is 12.2 Å². The number of rotatable bonds is 10. The Morgan fingerprint density at radius 3 is 2.92 bits per heavy atom. The van der Waals surface area contributed by atoms with Gasteiger partial charge in [0.15, 0.2) is 5.12 Å². The fraction of sp³-hybridized carbons (Fsp3) is 0.714. The Morgan fingerprint density at radius 2 is 2.27 bits per heavy atom. The summed E-state index contributed by atoms with van der Waals surface area (Å²) < 4.78 is 0. The van der Waals surface area contributed by atoms with E-state index < -0.39 is 17.7 Å². The first-order valence-corrected chi connectivity index (χ1v) is 10.2. The number of terminal acetylenes is 1. The molecule has 2 aliphatic rings. The van der Waals surface area contributed by atoms with Gasteiger partial charge in [-0.3, -0.25) is 9.79 Å². The number of aliphatic hydroxyl groups excluding tert-OH is 2. The van der Waals surface area contributed by atoms with Gasteiger partial charge in [-0.2, -0.15) is 0 Å². The molecule has 1 heterocycles. The molecule has 0 aromatic carbocycles. The van der Waals surface area contributed by atoms with Crippen LogP contribution in [0.1, 0.15) is 64.7 Å². The summed E-state index contributed by atoms with van der Waals surface area (Å²) in [5.74, 6) is 2.82. The normalized spacial score (nSPS) is 31.7. The first-order chi connectivity index (χ1) is 12.4. The SMILES string of the molecule is C#CC12CC(O)C(/C=C/[C@@H](O)CCCCC)C1CC(CCCC(=O)S)=N2. The predicted octanol–water partition coefficient (Wildman–Crippen LogP) is 3.32. The molecule has 5 heteroatoms. The summed E-state index contributed by atoms with van der Waals surface area (Å²) in [7, 11) is 0. The number of fused-ring (bicyclic) bond motifs is 1. The number of hydrogen-bond acceptors (Lipinski definition) is 4. The number of aliphatic hydroxyl groups is 2. The molecule has 0 spiro atoms. The van der Waals surface area contributed by atoms with E-state index in [4.69, 9.17) is 11.4 Å². The van der Waals surface area contributed by atoms with Crippen molar-refractivity contribution in [2.24, 2.45) is 16.8 Å². The quantitative estimate of drug-likeness (QED) is 0.237. The molecular formula is C21H31NO3S. The fourth-order valence-corrected chi connectivity index (χ4v) is 4.38. The second kappa shape index (κ2) is 9.73. The molecule has 4 nitrogen and oxygen atoms in total. The second-order valence-corrected chi connectivity index (χ2v) is 8.10. The van der Waals surface area contributed by atoms with Crippen LogP contribution in [0.2, 0.25) is 0 Å². The number of hydrogen-bond donors (Lipinski definition) is 3. The molecule has 0 aromatic rings. The van der Waals surface area contributed by atoms with Gasteiger partial charge < -0.3 is 10.2 Å². The van der Waals surface area contributed by atoms with Crippen LogP contribution in [0.4, 0.5) is 0 Å². The lowest BCUT2D eigenvalue weighted by Gasteiger charge is -2.22. The molecule has 0 radical (unpaired) electrons. The highest BCUT2D eigenvalue weighted by atomic mass is 32.1. The van der Waals surface area contributed by atoms with Crippen molar-refractivity contribution in [3.8, 4) is 12.3 Å². The highest BCUT2D eigenvalue weighted by molar-refractivity contribution is 7.96. The van der Waals surface area contributed by atoms with Gasteiger partial charge in [0.05, 0.1) is 12.2 Å². The van der Waals surface area contributed by atoms with E-state index in [1.807, 2.05) is 12.2 Å². The first-order valence-electron chi connectivity index (χ1n) is 9.73. The fourth-order valence-electron chi connectivity index (χ4n) is 4.23. The molecule has 4 unspecified atom stereocenters. The van der Waals surface area contributed by atoms with E-state index >= 15 is 0 Å². The minimum atomic E-state index is -0.637. The molecule has 2 N–H and O–H groups in total. The van der Waals surface area contributed by atoms with Crippen LogP contribution in [0.5, 0.6) is 0 Å². The molecule has 1 aliphatic carbocycles. The second-order valence-electron chi connectivity index (χ2n) is 7.60. The van der Waals surface area contributed by atoms with Crippen LogP contribution in [0.3, 0.4) is 0 Å². The number of carbonyl (C=O) groups is 1. The summed E-state index contributed by atoms with van der Waals surface area (Å²) in [5, 5.41) is 20.5. The average molecular weight is 378 g/mol. The van der Waals surface area contributed by atoms with Crippen molar-refractivity contribution in [1.29, 1.82) is 0 Å². The molecule has 1 saturated carbocycles. The van der Waals surface area contributed by atoms with Crippen LogP contribution in [-0.4, -0.2) is 38.8 Å². The van der Waals surface area contributed by atoms with Crippen LogP contribution in [0.25, 0.3) is 0 Å². The Hall–Kier alpha value is -1.09. The van der Waals surface area contributed by atoms with E-state index in [-0.39, 0.29) is 17.0 Å². The third-order valence-corrected chi connectivity index (χ3v) is 5.84. The van der Waals surface area contributed by atoms with Crippen molar-refractivity contribution in [2.45, 2.75) is 82.5 Å². The zero-order chi connectivity index (χ0) is 19.2. The summed E-state index contributed by atoms with van der Waals surface area (Å²) in [6, 6.07) is 0. The average Bonchev–Trinajstić information content (AvgIpc) is 3.05. The lowest BCUT2D eigenvalue weighted by Crippen LogP contribution is -2.27. The summed E-state index contributed by atoms with van der Waals surface area (Å²) in [6.07, 6.45) is 15.7. The lowest BCUT2D eigenvalue weighted by molar-refractivity contribution is -0.110. The van der Waals surface area contributed by atoms with Gasteiger partial charge in [-0.05, 0) is 25.7 Å². The van der Waals surface area contributed by atoms with Crippen LogP contribution < -0.4 is 0 Å². The van der Waals surface area contributed by atoms with E-state index in [9.17, 15) is 15.0 Å². The zero-order valence-electron chi connectivity index (χ0n) is 15.6. The molecule has 0 bridgehead atoms. The molecule has 0 saturated heterocycles. The van der Waals surface area contributed by atoms with E-state index in [0.717, 1.165) is 50.7 Å². The summed E-state index contributed by atoms with van der Waals surface area (Å²) in [4.78, 5) is 15.8. The topological polar surface area (TPSA) is 69.9 Å². The van der Waals surface area contributed by atoms with Crippen molar-refractivity contribution in [1.82, 2.24) is 0 Å². The molecule has 0 aromatic heterocycles. The van der Waals surface area contributed by atoms with E-state index in [0.29, 0.717) is 12.8 Å². The van der Waals surface area contributed by atoms with E-state index in [1.165, 1.54) is 0 Å². The standard InChI is InChI=1S/C21H31NO3S/c1-3-5-6-9-16(23)11-12-17-18-13-15(8-7-10-20(25)26)22-21(18,4-2)14-19(17)24/h2,11-12,16-19,23-24H,3,5-10,13-14H2,1H3,(H,25,26)/b12-11+/t16-,17?,18?,19?,21?/m0/s1. The molecule has 5 atom stereocenters. The summed E-state index contributed by atoms with van der Waals surface area (Å²) in [5.41, 5.74) is 0.401. The monoisotopic (exact) mass is 377 g/mol. The number of aliphatic imine (C=N–C) groups is 1. The van der Waals surface area contributed by atoms with Gasteiger partial charge in [-0.25, -0.2) is 0 Å². The van der Waals surface area contributed by atoms with Gasteiger partial charge in [0, 0.05) is 30.4 Å². The lowest BCUT2D eigenvalue weighted by atomic mass is 9.82. The van der Waals surface area contributed by atoms with Crippen LogP contribution in [0.15, 0.2) is 17.1 Å². The molecule has 2 rings (SSSR count). The maximum Gasteiger partial charge on any atom is 0.185 e. The third kappa shape index (κ3) is 5.22. The van der Waals surface area contributed by atoms with Gasteiger partial charge in [0.2, 0.25) is 0 Å². The third-order valence-electron chi connectivity index (χ3n) is 5.62. The number of nitrogens with zero attached hydrogens (tertiary/aromatic N) is 1. The molecule has 144 valence electrons. The van der Waals surface area contributed by atoms with Crippen LogP contribution >= 0.6 is 12.6 Å². The van der Waals surface area contributed by atoms with Crippen molar-refractivity contribution >= 4 is 23.5 Å². The minimum absolute atomic E-state index is 0.0725. The molecule has 1 fully saturated rings. The maximum absolute atomic E-state index is 11.0. The smallest absolute Gasteiger partial charge is 0.185 e. The van der Waals surface area contributed by atoms with Crippen molar-refractivity contribution in [2.75, 3.05) is 0 Å². The summed E-state index contributed by atoms with van der Waals surface area (Å²) >= 11 is 3.80. The van der Waals surface area contributed by atoms with E-state index in [2.05, 4.69) is 25.5 Å². The number of thiol groups is 1.